The number of fused-ring (bicyclic) bond motifs is 1. The fourth-order valence-electron chi connectivity index (χ4n) is 4.31. The molecule has 2 amide bonds. The van der Waals surface area contributed by atoms with Gasteiger partial charge in [0.2, 0.25) is 0 Å². The number of aryl methyl sites for hydroxylation is 2. The minimum atomic E-state index is -4.81. The molecule has 44 heavy (non-hydrogen) atoms. The fraction of sp³-hybridized carbons (Fsp3) is 0.185. The van der Waals surface area contributed by atoms with Crippen LogP contribution >= 0.6 is 22.9 Å². The molecule has 228 valence electrons. The van der Waals surface area contributed by atoms with Gasteiger partial charge in [0, 0.05) is 29.8 Å². The first-order chi connectivity index (χ1) is 20.8. The van der Waals surface area contributed by atoms with Gasteiger partial charge >= 0.3 is 6.18 Å². The number of hydrogen-bond donors (Lipinski definition) is 2. The lowest BCUT2D eigenvalue weighted by molar-refractivity contribution is -0.384. The van der Waals surface area contributed by atoms with Crippen molar-refractivity contribution in [3.05, 3.63) is 85.5 Å². The molecular weight excluding hydrogens is 629 g/mol. The van der Waals surface area contributed by atoms with Crippen molar-refractivity contribution in [3.63, 3.8) is 0 Å². The minimum absolute atomic E-state index is 0.0130. The number of alkyl halides is 3. The zero-order chi connectivity index (χ0) is 31.9. The second-order valence-corrected chi connectivity index (χ2v) is 10.7. The van der Waals surface area contributed by atoms with E-state index in [2.05, 4.69) is 15.4 Å². The van der Waals surface area contributed by atoms with Crippen LogP contribution in [0.25, 0.3) is 21.3 Å². The highest BCUT2D eigenvalue weighted by molar-refractivity contribution is 7.21. The van der Waals surface area contributed by atoms with E-state index in [0.717, 1.165) is 12.1 Å². The van der Waals surface area contributed by atoms with Crippen LogP contribution in [0.4, 0.5) is 24.5 Å². The Bertz CT molecular complexity index is 1950. The first kappa shape index (κ1) is 30.5. The van der Waals surface area contributed by atoms with E-state index in [1.54, 1.807) is 13.1 Å². The molecule has 3 N–H and O–H groups in total. The standard InChI is InChI=1S/C27H20ClF3N6O6S/c1-3-36-10-16(12(2)35-36)15-9-20(27(29,30)31)33-26-21(15)22(23(44-26)24(32)38)34-25(39)18-7-5-14(43-18)11-42-19-8-13(37(40)41)4-6-17(19)28/h4-10H,3,11H2,1-2H3,(H2,32,38)(H,34,39). The number of anilines is 1. The van der Waals surface area contributed by atoms with Crippen LogP contribution in [0.15, 0.2) is 47.0 Å². The molecule has 0 aliphatic heterocycles. The van der Waals surface area contributed by atoms with Crippen LogP contribution in [0.5, 0.6) is 5.75 Å². The molecule has 1 aromatic carbocycles. The number of nitro groups is 1. The summed E-state index contributed by atoms with van der Waals surface area (Å²) >= 11 is 6.65. The number of halogens is 4. The third-order valence-electron chi connectivity index (χ3n) is 6.36. The number of primary amides is 1. The Morgan fingerprint density at radius 3 is 2.61 bits per heavy atom. The molecule has 0 atom stereocenters. The molecule has 0 aliphatic carbocycles. The third-order valence-corrected chi connectivity index (χ3v) is 7.77. The molecule has 4 heterocycles. The van der Waals surface area contributed by atoms with Crippen molar-refractivity contribution in [1.82, 2.24) is 14.8 Å². The predicted molar refractivity (Wildman–Crippen MR) is 154 cm³/mol. The molecule has 0 saturated heterocycles. The van der Waals surface area contributed by atoms with Gasteiger partial charge in [-0.25, -0.2) is 4.98 Å². The van der Waals surface area contributed by atoms with Crippen LogP contribution in [0.3, 0.4) is 0 Å². The first-order valence-electron chi connectivity index (χ1n) is 12.6. The number of carbonyl (C=O) groups excluding carboxylic acids is 2. The summed E-state index contributed by atoms with van der Waals surface area (Å²) in [4.78, 5) is 39.4. The summed E-state index contributed by atoms with van der Waals surface area (Å²) in [5.41, 5.74) is 4.78. The Morgan fingerprint density at radius 2 is 1.98 bits per heavy atom. The number of amides is 2. The summed E-state index contributed by atoms with van der Waals surface area (Å²) in [6.45, 7) is 3.62. The molecule has 12 nitrogen and oxygen atoms in total. The summed E-state index contributed by atoms with van der Waals surface area (Å²) < 4.78 is 54.1. The van der Waals surface area contributed by atoms with Crippen LogP contribution in [0, 0.1) is 17.0 Å². The lowest BCUT2D eigenvalue weighted by Gasteiger charge is -2.11. The number of nitro benzene ring substituents is 1. The zero-order valence-corrected chi connectivity index (χ0v) is 24.3. The summed E-state index contributed by atoms with van der Waals surface area (Å²) in [6.07, 6.45) is -3.25. The van der Waals surface area contributed by atoms with Gasteiger partial charge in [-0.2, -0.15) is 18.3 Å². The van der Waals surface area contributed by atoms with Gasteiger partial charge in [0.1, 0.15) is 33.5 Å². The predicted octanol–water partition coefficient (Wildman–Crippen LogP) is 6.59. The van der Waals surface area contributed by atoms with E-state index in [0.29, 0.717) is 29.1 Å². The summed E-state index contributed by atoms with van der Waals surface area (Å²) in [6, 6.07) is 7.19. The molecular formula is C27H20ClF3N6O6S. The molecule has 0 fully saturated rings. The molecule has 17 heteroatoms. The Kier molecular flexibility index (Phi) is 8.05. The number of hydrogen-bond acceptors (Lipinski definition) is 9. The zero-order valence-electron chi connectivity index (χ0n) is 22.7. The summed E-state index contributed by atoms with van der Waals surface area (Å²) in [5.74, 6) is -1.92. The molecule has 0 spiro atoms. The topological polar surface area (TPSA) is 168 Å². The maximum Gasteiger partial charge on any atom is 0.433 e. The van der Waals surface area contributed by atoms with Crippen molar-refractivity contribution >= 4 is 56.3 Å². The van der Waals surface area contributed by atoms with Gasteiger partial charge in [-0.1, -0.05) is 11.6 Å². The Balaban J connectivity index is 1.51. The maximum atomic E-state index is 13.8. The van der Waals surface area contributed by atoms with E-state index in [1.165, 1.54) is 28.9 Å². The average Bonchev–Trinajstić information content (AvgIpc) is 3.68. The maximum absolute atomic E-state index is 13.8. The van der Waals surface area contributed by atoms with E-state index in [1.807, 2.05) is 6.92 Å². The van der Waals surface area contributed by atoms with Crippen LogP contribution in [0.1, 0.15) is 44.3 Å². The smallest absolute Gasteiger partial charge is 0.433 e. The van der Waals surface area contributed by atoms with Crippen molar-refractivity contribution in [2.45, 2.75) is 33.2 Å². The normalized spacial score (nSPS) is 11.6. The molecule has 4 aromatic heterocycles. The van der Waals surface area contributed by atoms with Gasteiger partial charge in [0.25, 0.3) is 17.5 Å². The van der Waals surface area contributed by atoms with Gasteiger partial charge < -0.3 is 20.2 Å². The number of thiophene rings is 1. The molecule has 5 rings (SSSR count). The van der Waals surface area contributed by atoms with Gasteiger partial charge in [0.05, 0.1) is 27.4 Å². The van der Waals surface area contributed by atoms with Crippen LogP contribution in [-0.2, 0) is 19.3 Å². The van der Waals surface area contributed by atoms with Gasteiger partial charge in [-0.05, 0) is 43.7 Å². The number of nitrogens with one attached hydrogen (secondary N) is 1. The second-order valence-electron chi connectivity index (χ2n) is 9.27. The van der Waals surface area contributed by atoms with Crippen molar-refractivity contribution < 1.29 is 36.8 Å². The average molecular weight is 649 g/mol. The first-order valence-corrected chi connectivity index (χ1v) is 13.8. The number of pyridine rings is 1. The summed E-state index contributed by atoms with van der Waals surface area (Å²) in [5, 5.41) is 18.1. The van der Waals surface area contributed by atoms with Crippen LogP contribution in [-0.4, -0.2) is 31.5 Å². The van der Waals surface area contributed by atoms with Crippen LogP contribution in [0.2, 0.25) is 5.02 Å². The third kappa shape index (κ3) is 5.93. The van der Waals surface area contributed by atoms with E-state index in [4.69, 9.17) is 26.5 Å². The number of ether oxygens (including phenoxy) is 1. The Hall–Kier alpha value is -4.96. The summed E-state index contributed by atoms with van der Waals surface area (Å²) in [7, 11) is 0. The number of nitrogens with zero attached hydrogens (tertiary/aromatic N) is 4. The number of aromatic nitrogens is 3. The van der Waals surface area contributed by atoms with E-state index in [-0.39, 0.29) is 60.9 Å². The molecule has 0 saturated carbocycles. The largest absolute Gasteiger partial charge is 0.484 e. The van der Waals surface area contributed by atoms with Crippen molar-refractivity contribution in [3.8, 4) is 16.9 Å². The van der Waals surface area contributed by atoms with Gasteiger partial charge in [0.15, 0.2) is 5.76 Å². The van der Waals surface area contributed by atoms with E-state index in [9.17, 15) is 32.9 Å². The molecule has 5 aromatic rings. The Morgan fingerprint density at radius 1 is 1.23 bits per heavy atom. The number of benzene rings is 1. The van der Waals surface area contributed by atoms with Gasteiger partial charge in [-0.3, -0.25) is 24.4 Å². The lowest BCUT2D eigenvalue weighted by atomic mass is 10.0. The number of carbonyl (C=O) groups is 2. The molecule has 0 unspecified atom stereocenters. The molecule has 0 radical (unpaired) electrons. The highest BCUT2D eigenvalue weighted by Crippen LogP contribution is 2.44. The number of nitrogens with two attached hydrogens (primary N) is 1. The fourth-order valence-corrected chi connectivity index (χ4v) is 5.49. The van der Waals surface area contributed by atoms with E-state index >= 15 is 0 Å². The number of rotatable bonds is 9. The quantitative estimate of drug-likeness (QED) is 0.133. The number of furan rings is 1. The van der Waals surface area contributed by atoms with Gasteiger partial charge in [-0.15, -0.1) is 11.3 Å². The highest BCUT2D eigenvalue weighted by atomic mass is 35.5. The van der Waals surface area contributed by atoms with Crippen molar-refractivity contribution in [2.75, 3.05) is 5.32 Å². The van der Waals surface area contributed by atoms with E-state index < -0.39 is 28.6 Å². The number of non-ortho nitro benzene ring substituents is 1. The second kappa shape index (κ2) is 11.6. The lowest BCUT2D eigenvalue weighted by Crippen LogP contribution is -2.16. The molecule has 0 bridgehead atoms. The van der Waals surface area contributed by atoms with Crippen molar-refractivity contribution in [1.29, 1.82) is 0 Å². The highest BCUT2D eigenvalue weighted by Gasteiger charge is 2.35. The minimum Gasteiger partial charge on any atom is -0.484 e. The van der Waals surface area contributed by atoms with Crippen LogP contribution < -0.4 is 15.8 Å². The Labute approximate surface area is 254 Å². The monoisotopic (exact) mass is 648 g/mol. The van der Waals surface area contributed by atoms with Crippen molar-refractivity contribution in [2.24, 2.45) is 5.73 Å². The SMILES string of the molecule is CCn1cc(-c2cc(C(F)(F)F)nc3sc(C(N)=O)c(NC(=O)c4ccc(COc5cc([N+](=O)[O-])ccc5Cl)o4)c23)c(C)n1. The molecule has 0 aliphatic rings.